The van der Waals surface area contributed by atoms with Gasteiger partial charge in [0, 0.05) is 39.6 Å². The third-order valence-corrected chi connectivity index (χ3v) is 6.42. The van der Waals surface area contributed by atoms with Gasteiger partial charge in [0.1, 0.15) is 5.60 Å². The van der Waals surface area contributed by atoms with Gasteiger partial charge in [-0.15, -0.1) is 0 Å². The first kappa shape index (κ1) is 25.0. The highest BCUT2D eigenvalue weighted by Gasteiger charge is 2.28. The Hall–Kier alpha value is -4.08. The maximum absolute atomic E-state index is 12.0. The van der Waals surface area contributed by atoms with Crippen molar-refractivity contribution in [2.24, 2.45) is 0 Å². The number of aliphatic hydroxyl groups is 1. The van der Waals surface area contributed by atoms with Crippen molar-refractivity contribution >= 4 is 16.9 Å². The Bertz CT molecular complexity index is 1310. The lowest BCUT2D eigenvalue weighted by Gasteiger charge is -2.26. The summed E-state index contributed by atoms with van der Waals surface area (Å²) in [5.41, 5.74) is 5.96. The molecule has 3 nitrogen and oxygen atoms in total. The monoisotopic (exact) mass is 474 g/mol. The molecule has 4 aromatic carbocycles. The van der Waals surface area contributed by atoms with Crippen LogP contribution in [0.5, 0.6) is 0 Å². The van der Waals surface area contributed by atoms with E-state index in [4.69, 9.17) is 0 Å². The fourth-order valence-corrected chi connectivity index (χ4v) is 4.26. The van der Waals surface area contributed by atoms with Crippen LogP contribution < -0.4 is 9.80 Å². The van der Waals surface area contributed by atoms with Crippen LogP contribution in [0, 0.1) is 0 Å². The summed E-state index contributed by atoms with van der Waals surface area (Å²) in [6.45, 7) is 0. The highest BCUT2D eigenvalue weighted by atomic mass is 16.3. The van der Waals surface area contributed by atoms with Gasteiger partial charge in [0.15, 0.2) is 0 Å². The lowest BCUT2D eigenvalue weighted by atomic mass is 9.85. The van der Waals surface area contributed by atoms with Gasteiger partial charge in [-0.1, -0.05) is 97.1 Å². The Labute approximate surface area is 215 Å². The number of allylic oxidation sites excluding steroid dienone is 2. The SMILES string of the molecule is CN(C)c1ccc(/C(=C/C=C/C(O)(c2ccccc2)c2ccc(N(C)C)cc2)c2ccccc2)cc1. The molecule has 0 radical (unpaired) electrons. The summed E-state index contributed by atoms with van der Waals surface area (Å²) in [7, 11) is 8.11. The Kier molecular flexibility index (Phi) is 7.72. The molecule has 0 aromatic heterocycles. The van der Waals surface area contributed by atoms with Crippen LogP contribution >= 0.6 is 0 Å². The van der Waals surface area contributed by atoms with Gasteiger partial charge in [-0.25, -0.2) is 0 Å². The summed E-state index contributed by atoms with van der Waals surface area (Å²) < 4.78 is 0. The van der Waals surface area contributed by atoms with Crippen LogP contribution in [0.1, 0.15) is 22.3 Å². The first-order chi connectivity index (χ1) is 17.4. The zero-order chi connectivity index (χ0) is 25.5. The molecule has 0 spiro atoms. The van der Waals surface area contributed by atoms with Gasteiger partial charge in [0.05, 0.1) is 0 Å². The van der Waals surface area contributed by atoms with Crippen molar-refractivity contribution in [1.29, 1.82) is 0 Å². The molecule has 182 valence electrons. The summed E-state index contributed by atoms with van der Waals surface area (Å²) in [6, 6.07) is 36.8. The maximum atomic E-state index is 12.0. The quantitative estimate of drug-likeness (QED) is 0.286. The molecular weight excluding hydrogens is 440 g/mol. The van der Waals surface area contributed by atoms with Crippen LogP contribution in [0.3, 0.4) is 0 Å². The number of hydrogen-bond donors (Lipinski definition) is 1. The maximum Gasteiger partial charge on any atom is 0.133 e. The molecule has 0 bridgehead atoms. The standard InChI is InChI=1S/C33H34N2O/c1-34(2)30-21-17-27(18-22-30)32(26-12-7-5-8-13-26)16-11-25-33(36,28-14-9-6-10-15-28)29-19-23-31(24-20-29)35(3)4/h5-25,36H,1-4H3/b25-11+,32-16+. The first-order valence-electron chi connectivity index (χ1n) is 12.2. The molecule has 1 N–H and O–H groups in total. The van der Waals surface area contributed by atoms with E-state index < -0.39 is 5.60 Å². The molecule has 0 saturated carbocycles. The predicted molar refractivity (Wildman–Crippen MR) is 154 cm³/mol. The lowest BCUT2D eigenvalue weighted by molar-refractivity contribution is 0.134. The van der Waals surface area contributed by atoms with Crippen LogP contribution in [0.4, 0.5) is 11.4 Å². The van der Waals surface area contributed by atoms with Crippen LogP contribution in [0.25, 0.3) is 5.57 Å². The summed E-state index contributed by atoms with van der Waals surface area (Å²) >= 11 is 0. The van der Waals surface area contributed by atoms with E-state index >= 15 is 0 Å². The van der Waals surface area contributed by atoms with E-state index in [1.54, 1.807) is 0 Å². The largest absolute Gasteiger partial charge is 0.378 e. The van der Waals surface area contributed by atoms with Crippen LogP contribution in [-0.4, -0.2) is 33.3 Å². The van der Waals surface area contributed by atoms with Crippen molar-refractivity contribution in [1.82, 2.24) is 0 Å². The number of rotatable bonds is 8. The summed E-state index contributed by atoms with van der Waals surface area (Å²) in [5, 5.41) is 12.0. The zero-order valence-electron chi connectivity index (χ0n) is 21.5. The molecule has 36 heavy (non-hydrogen) atoms. The molecule has 0 aliphatic heterocycles. The third kappa shape index (κ3) is 5.59. The van der Waals surface area contributed by atoms with Crippen molar-refractivity contribution in [2.45, 2.75) is 5.60 Å². The third-order valence-electron chi connectivity index (χ3n) is 6.42. The molecule has 4 rings (SSSR count). The summed E-state index contributed by atoms with van der Waals surface area (Å²) in [5.74, 6) is 0. The van der Waals surface area contributed by atoms with Crippen molar-refractivity contribution in [3.63, 3.8) is 0 Å². The highest BCUT2D eigenvalue weighted by Crippen LogP contribution is 2.33. The Morgan fingerprint density at radius 3 is 1.56 bits per heavy atom. The van der Waals surface area contributed by atoms with Gasteiger partial charge in [0.25, 0.3) is 0 Å². The molecule has 0 aliphatic rings. The molecule has 1 unspecified atom stereocenters. The van der Waals surface area contributed by atoms with Gasteiger partial charge < -0.3 is 14.9 Å². The molecule has 0 fully saturated rings. The zero-order valence-corrected chi connectivity index (χ0v) is 21.5. The van der Waals surface area contributed by atoms with E-state index in [1.807, 2.05) is 113 Å². The molecule has 1 atom stereocenters. The fourth-order valence-electron chi connectivity index (χ4n) is 4.26. The van der Waals surface area contributed by atoms with Gasteiger partial charge >= 0.3 is 0 Å². The van der Waals surface area contributed by atoms with Crippen molar-refractivity contribution in [3.8, 4) is 0 Å². The van der Waals surface area contributed by atoms with E-state index in [0.29, 0.717) is 0 Å². The van der Waals surface area contributed by atoms with E-state index in [0.717, 1.165) is 39.2 Å². The normalized spacial score (nSPS) is 13.4. The fraction of sp³-hybridized carbons (Fsp3) is 0.152. The first-order valence-corrected chi connectivity index (χ1v) is 12.2. The average Bonchev–Trinajstić information content (AvgIpc) is 2.92. The van der Waals surface area contributed by atoms with Crippen LogP contribution in [-0.2, 0) is 5.60 Å². The topological polar surface area (TPSA) is 26.7 Å². The Balaban J connectivity index is 1.77. The van der Waals surface area contributed by atoms with Gasteiger partial charge in [-0.2, -0.15) is 0 Å². The van der Waals surface area contributed by atoms with Gasteiger partial charge in [-0.05, 0) is 58.2 Å². The minimum atomic E-state index is -1.26. The molecule has 4 aromatic rings. The van der Waals surface area contributed by atoms with Gasteiger partial charge in [0.2, 0.25) is 0 Å². The molecule has 3 heteroatoms. The second kappa shape index (κ2) is 11.1. The molecule has 0 amide bonds. The molecule has 0 saturated heterocycles. The van der Waals surface area contributed by atoms with E-state index in [1.165, 1.54) is 0 Å². The van der Waals surface area contributed by atoms with E-state index in [2.05, 4.69) is 52.3 Å². The summed E-state index contributed by atoms with van der Waals surface area (Å²) in [4.78, 5) is 4.15. The van der Waals surface area contributed by atoms with Gasteiger partial charge in [-0.3, -0.25) is 0 Å². The molecular formula is C33H34N2O. The minimum Gasteiger partial charge on any atom is -0.378 e. The van der Waals surface area contributed by atoms with Crippen molar-refractivity contribution < 1.29 is 5.11 Å². The second-order valence-electron chi connectivity index (χ2n) is 9.32. The summed E-state index contributed by atoms with van der Waals surface area (Å²) in [6.07, 6.45) is 5.93. The number of nitrogens with zero attached hydrogens (tertiary/aromatic N) is 2. The highest BCUT2D eigenvalue weighted by molar-refractivity contribution is 5.81. The minimum absolute atomic E-state index is 0.820. The predicted octanol–water partition coefficient (Wildman–Crippen LogP) is 6.74. The smallest absolute Gasteiger partial charge is 0.133 e. The second-order valence-corrected chi connectivity index (χ2v) is 9.32. The molecule has 0 aliphatic carbocycles. The van der Waals surface area contributed by atoms with Crippen molar-refractivity contribution in [2.75, 3.05) is 38.0 Å². The van der Waals surface area contributed by atoms with E-state index in [9.17, 15) is 5.11 Å². The molecule has 0 heterocycles. The number of anilines is 2. The number of hydrogen-bond acceptors (Lipinski definition) is 3. The average molecular weight is 475 g/mol. The Morgan fingerprint density at radius 2 is 1.03 bits per heavy atom. The Morgan fingerprint density at radius 1 is 0.583 bits per heavy atom. The lowest BCUT2D eigenvalue weighted by Crippen LogP contribution is -2.24. The number of benzene rings is 4. The van der Waals surface area contributed by atoms with Crippen LogP contribution in [0.15, 0.2) is 127 Å². The van der Waals surface area contributed by atoms with Crippen molar-refractivity contribution in [3.05, 3.63) is 150 Å². The van der Waals surface area contributed by atoms with E-state index in [-0.39, 0.29) is 0 Å². The van der Waals surface area contributed by atoms with Crippen LogP contribution in [0.2, 0.25) is 0 Å².